The van der Waals surface area contributed by atoms with Crippen molar-refractivity contribution in [3.63, 3.8) is 0 Å². The van der Waals surface area contributed by atoms with E-state index in [1.807, 2.05) is 6.07 Å². The molecule has 1 aliphatic carbocycles. The largest absolute Gasteiger partial charge is 0.393 e. The summed E-state index contributed by atoms with van der Waals surface area (Å²) in [6.07, 6.45) is 6.38. The molecular formula is C20H31FN2O. The number of piperidine rings is 1. The van der Waals surface area contributed by atoms with Crippen molar-refractivity contribution in [2.45, 2.75) is 70.6 Å². The number of halogens is 1. The van der Waals surface area contributed by atoms with Gasteiger partial charge in [-0.25, -0.2) is 4.39 Å². The number of hydrogen-bond acceptors (Lipinski definition) is 3. The van der Waals surface area contributed by atoms with E-state index in [4.69, 9.17) is 0 Å². The molecule has 1 aromatic rings. The topological polar surface area (TPSA) is 35.5 Å². The van der Waals surface area contributed by atoms with Crippen LogP contribution in [0, 0.1) is 11.7 Å². The lowest BCUT2D eigenvalue weighted by atomic mass is 9.87. The van der Waals surface area contributed by atoms with Crippen LogP contribution < -0.4 is 10.2 Å². The Bertz CT molecular complexity index is 534. The first-order valence-electron chi connectivity index (χ1n) is 9.51. The quantitative estimate of drug-likeness (QED) is 0.873. The normalized spacial score (nSPS) is 27.2. The van der Waals surface area contributed by atoms with Crippen molar-refractivity contribution >= 4 is 5.69 Å². The summed E-state index contributed by atoms with van der Waals surface area (Å²) in [6.45, 7) is 6.16. The first-order chi connectivity index (χ1) is 11.5. The molecule has 1 atom stereocenters. The summed E-state index contributed by atoms with van der Waals surface area (Å²) in [5.74, 6) is 0.666. The molecule has 1 heterocycles. The standard InChI is InChI=1S/C20H31FN2O/c1-14-3-6-17(7-4-14)22-15(2)19-13-16(21)5-8-20(19)23-11-9-18(24)10-12-23/h5,8,13-15,17-18,22,24H,3-4,6-7,9-12H2,1-2H3. The highest BCUT2D eigenvalue weighted by Crippen LogP contribution is 2.31. The first kappa shape index (κ1) is 17.7. The Morgan fingerprint density at radius 2 is 1.79 bits per heavy atom. The molecule has 0 amide bonds. The van der Waals surface area contributed by atoms with E-state index in [0.29, 0.717) is 6.04 Å². The minimum atomic E-state index is -0.190. The Morgan fingerprint density at radius 3 is 2.46 bits per heavy atom. The van der Waals surface area contributed by atoms with Crippen molar-refractivity contribution in [2.24, 2.45) is 5.92 Å². The third-order valence-electron chi connectivity index (χ3n) is 5.76. The van der Waals surface area contributed by atoms with Crippen LogP contribution in [0.2, 0.25) is 0 Å². The van der Waals surface area contributed by atoms with E-state index < -0.39 is 0 Å². The number of rotatable bonds is 4. The lowest BCUT2D eigenvalue weighted by molar-refractivity contribution is 0.145. The molecular weight excluding hydrogens is 303 g/mol. The van der Waals surface area contributed by atoms with Crippen LogP contribution >= 0.6 is 0 Å². The van der Waals surface area contributed by atoms with Crippen LogP contribution in [0.25, 0.3) is 0 Å². The van der Waals surface area contributed by atoms with Crippen LogP contribution in [0.15, 0.2) is 18.2 Å². The fourth-order valence-corrected chi connectivity index (χ4v) is 4.14. The van der Waals surface area contributed by atoms with Gasteiger partial charge in [-0.3, -0.25) is 0 Å². The minimum absolute atomic E-state index is 0.140. The summed E-state index contributed by atoms with van der Waals surface area (Å²) in [4.78, 5) is 2.29. The van der Waals surface area contributed by atoms with Crippen molar-refractivity contribution < 1.29 is 9.50 Å². The van der Waals surface area contributed by atoms with Gasteiger partial charge >= 0.3 is 0 Å². The van der Waals surface area contributed by atoms with Crippen LogP contribution in [0.5, 0.6) is 0 Å². The Kier molecular flexibility index (Phi) is 5.77. The average molecular weight is 334 g/mol. The second-order valence-corrected chi connectivity index (χ2v) is 7.77. The lowest BCUT2D eigenvalue weighted by Gasteiger charge is -2.35. The number of anilines is 1. The summed E-state index contributed by atoms with van der Waals surface area (Å²) in [5, 5.41) is 13.5. The molecule has 1 aromatic carbocycles. The highest BCUT2D eigenvalue weighted by atomic mass is 19.1. The Balaban J connectivity index is 1.72. The van der Waals surface area contributed by atoms with Crippen molar-refractivity contribution in [3.8, 4) is 0 Å². The van der Waals surface area contributed by atoms with Gasteiger partial charge in [0.25, 0.3) is 0 Å². The fraction of sp³-hybridized carbons (Fsp3) is 0.700. The number of aliphatic hydroxyl groups is 1. The Hall–Kier alpha value is -1.13. The Morgan fingerprint density at radius 1 is 1.12 bits per heavy atom. The summed E-state index contributed by atoms with van der Waals surface area (Å²) in [6, 6.07) is 5.82. The zero-order valence-electron chi connectivity index (χ0n) is 15.0. The summed E-state index contributed by atoms with van der Waals surface area (Å²) in [5.41, 5.74) is 2.16. The zero-order chi connectivity index (χ0) is 17.1. The van der Waals surface area contributed by atoms with E-state index in [-0.39, 0.29) is 18.0 Å². The number of nitrogens with zero attached hydrogens (tertiary/aromatic N) is 1. The average Bonchev–Trinajstić information content (AvgIpc) is 2.58. The van der Waals surface area contributed by atoms with Crippen molar-refractivity contribution in [2.75, 3.05) is 18.0 Å². The van der Waals surface area contributed by atoms with Gasteiger partial charge < -0.3 is 15.3 Å². The summed E-state index contributed by atoms with van der Waals surface area (Å²) < 4.78 is 13.9. The molecule has 0 radical (unpaired) electrons. The van der Waals surface area contributed by atoms with E-state index in [9.17, 15) is 9.50 Å². The van der Waals surface area contributed by atoms with Gasteiger partial charge in [-0.1, -0.05) is 6.92 Å². The highest BCUT2D eigenvalue weighted by molar-refractivity contribution is 5.55. The van der Waals surface area contributed by atoms with Crippen LogP contribution in [0.3, 0.4) is 0 Å². The molecule has 3 rings (SSSR count). The van der Waals surface area contributed by atoms with E-state index in [1.54, 1.807) is 12.1 Å². The van der Waals surface area contributed by atoms with Crippen LogP contribution in [0.4, 0.5) is 10.1 Å². The second-order valence-electron chi connectivity index (χ2n) is 7.77. The zero-order valence-corrected chi connectivity index (χ0v) is 15.0. The maximum absolute atomic E-state index is 13.9. The van der Waals surface area contributed by atoms with Crippen molar-refractivity contribution in [3.05, 3.63) is 29.6 Å². The molecule has 1 saturated heterocycles. The van der Waals surface area contributed by atoms with Gasteiger partial charge in [0.05, 0.1) is 6.10 Å². The SMILES string of the molecule is CC1CCC(NC(C)c2cc(F)ccc2N2CCC(O)CC2)CC1. The maximum atomic E-state index is 13.9. The van der Waals surface area contributed by atoms with Gasteiger partial charge in [-0.15, -0.1) is 0 Å². The molecule has 1 saturated carbocycles. The third-order valence-corrected chi connectivity index (χ3v) is 5.76. The van der Waals surface area contributed by atoms with Crippen molar-refractivity contribution in [1.82, 2.24) is 5.32 Å². The maximum Gasteiger partial charge on any atom is 0.123 e. The van der Waals surface area contributed by atoms with Crippen LogP contribution in [-0.4, -0.2) is 30.3 Å². The highest BCUT2D eigenvalue weighted by Gasteiger charge is 2.24. The molecule has 4 heteroatoms. The van der Waals surface area contributed by atoms with Gasteiger partial charge in [0.1, 0.15) is 5.82 Å². The molecule has 0 aromatic heterocycles. The van der Waals surface area contributed by atoms with Gasteiger partial charge in [-0.05, 0) is 75.1 Å². The molecule has 2 aliphatic rings. The molecule has 134 valence electrons. The fourth-order valence-electron chi connectivity index (χ4n) is 4.14. The summed E-state index contributed by atoms with van der Waals surface area (Å²) in [7, 11) is 0. The molecule has 3 nitrogen and oxygen atoms in total. The van der Waals surface area contributed by atoms with E-state index in [1.165, 1.54) is 25.7 Å². The Labute approximate surface area is 145 Å². The van der Waals surface area contributed by atoms with Gasteiger partial charge in [0, 0.05) is 30.9 Å². The number of aliphatic hydroxyl groups excluding tert-OH is 1. The van der Waals surface area contributed by atoms with Crippen molar-refractivity contribution in [1.29, 1.82) is 0 Å². The smallest absolute Gasteiger partial charge is 0.123 e. The van der Waals surface area contributed by atoms with Crippen LogP contribution in [-0.2, 0) is 0 Å². The summed E-state index contributed by atoms with van der Waals surface area (Å²) >= 11 is 0. The lowest BCUT2D eigenvalue weighted by Crippen LogP contribution is -2.38. The monoisotopic (exact) mass is 334 g/mol. The first-order valence-corrected chi connectivity index (χ1v) is 9.51. The molecule has 2 fully saturated rings. The third kappa shape index (κ3) is 4.28. The van der Waals surface area contributed by atoms with Gasteiger partial charge in [0.2, 0.25) is 0 Å². The van der Waals surface area contributed by atoms with Gasteiger partial charge in [-0.2, -0.15) is 0 Å². The minimum Gasteiger partial charge on any atom is -0.393 e. The number of benzene rings is 1. The molecule has 0 bridgehead atoms. The number of hydrogen-bond donors (Lipinski definition) is 2. The predicted molar refractivity (Wildman–Crippen MR) is 96.8 cm³/mol. The van der Waals surface area contributed by atoms with Crippen LogP contribution in [0.1, 0.15) is 64.0 Å². The molecule has 2 N–H and O–H groups in total. The predicted octanol–water partition coefficient (Wildman–Crippen LogP) is 4.02. The van der Waals surface area contributed by atoms with E-state index in [2.05, 4.69) is 24.1 Å². The molecule has 0 spiro atoms. The van der Waals surface area contributed by atoms with E-state index >= 15 is 0 Å². The molecule has 1 aliphatic heterocycles. The van der Waals surface area contributed by atoms with Gasteiger partial charge in [0.15, 0.2) is 0 Å². The molecule has 24 heavy (non-hydrogen) atoms. The second kappa shape index (κ2) is 7.83. The number of nitrogens with one attached hydrogen (secondary N) is 1. The van der Waals surface area contributed by atoms with E-state index in [0.717, 1.165) is 43.1 Å². The molecule has 1 unspecified atom stereocenters.